The van der Waals surface area contributed by atoms with Gasteiger partial charge in [-0.1, -0.05) is 6.07 Å². The van der Waals surface area contributed by atoms with Gasteiger partial charge >= 0.3 is 0 Å². The van der Waals surface area contributed by atoms with Crippen LogP contribution in [-0.2, 0) is 6.54 Å². The van der Waals surface area contributed by atoms with Gasteiger partial charge < -0.3 is 10.2 Å². The van der Waals surface area contributed by atoms with Gasteiger partial charge in [-0.25, -0.2) is 4.98 Å². The fraction of sp³-hybridized carbons (Fsp3) is 0.583. The average molecular weight is 205 g/mol. The van der Waals surface area contributed by atoms with Gasteiger partial charge in [-0.2, -0.15) is 0 Å². The van der Waals surface area contributed by atoms with E-state index in [1.54, 1.807) is 0 Å². The van der Waals surface area contributed by atoms with Crippen molar-refractivity contribution in [2.45, 2.75) is 32.4 Å². The molecule has 2 rings (SSSR count). The third kappa shape index (κ3) is 2.29. The van der Waals surface area contributed by atoms with Crippen LogP contribution in [-0.4, -0.2) is 24.6 Å². The molecule has 1 aromatic rings. The standard InChI is InChI=1S/C12H19N3/c1-3-15(11-6-7-11)12-10(9-13-2)5-4-8-14-12/h4-5,8,11,13H,3,6-7,9H2,1-2H3. The van der Waals surface area contributed by atoms with Crippen LogP contribution in [0.5, 0.6) is 0 Å². The third-order valence-corrected chi connectivity index (χ3v) is 2.84. The summed E-state index contributed by atoms with van der Waals surface area (Å²) in [4.78, 5) is 6.94. The Kier molecular flexibility index (Phi) is 3.21. The van der Waals surface area contributed by atoms with Crippen molar-refractivity contribution in [2.75, 3.05) is 18.5 Å². The van der Waals surface area contributed by atoms with Crippen molar-refractivity contribution in [3.8, 4) is 0 Å². The normalized spacial score (nSPS) is 15.3. The predicted octanol–water partition coefficient (Wildman–Crippen LogP) is 1.79. The molecule has 3 nitrogen and oxygen atoms in total. The second-order valence-corrected chi connectivity index (χ2v) is 4.03. The van der Waals surface area contributed by atoms with Crippen LogP contribution >= 0.6 is 0 Å². The Balaban J connectivity index is 2.23. The van der Waals surface area contributed by atoms with E-state index < -0.39 is 0 Å². The monoisotopic (exact) mass is 205 g/mol. The van der Waals surface area contributed by atoms with Gasteiger partial charge in [-0.15, -0.1) is 0 Å². The van der Waals surface area contributed by atoms with Crippen molar-refractivity contribution in [3.05, 3.63) is 23.9 Å². The van der Waals surface area contributed by atoms with E-state index >= 15 is 0 Å². The first kappa shape index (κ1) is 10.4. The molecule has 0 amide bonds. The van der Waals surface area contributed by atoms with Gasteiger partial charge in [-0.3, -0.25) is 0 Å². The smallest absolute Gasteiger partial charge is 0.133 e. The van der Waals surface area contributed by atoms with Gasteiger partial charge in [0.15, 0.2) is 0 Å². The van der Waals surface area contributed by atoms with E-state index in [9.17, 15) is 0 Å². The van der Waals surface area contributed by atoms with Crippen molar-refractivity contribution in [3.63, 3.8) is 0 Å². The topological polar surface area (TPSA) is 28.2 Å². The van der Waals surface area contributed by atoms with Crippen LogP contribution in [0.3, 0.4) is 0 Å². The summed E-state index contributed by atoms with van der Waals surface area (Å²) >= 11 is 0. The molecular formula is C12H19N3. The van der Waals surface area contributed by atoms with Crippen LogP contribution in [0.1, 0.15) is 25.3 Å². The fourth-order valence-corrected chi connectivity index (χ4v) is 1.98. The number of aromatic nitrogens is 1. The zero-order chi connectivity index (χ0) is 10.7. The molecule has 15 heavy (non-hydrogen) atoms. The van der Waals surface area contributed by atoms with Gasteiger partial charge in [0.25, 0.3) is 0 Å². The molecule has 0 aromatic carbocycles. The Morgan fingerprint density at radius 3 is 2.93 bits per heavy atom. The van der Waals surface area contributed by atoms with Crippen molar-refractivity contribution in [1.82, 2.24) is 10.3 Å². The fourth-order valence-electron chi connectivity index (χ4n) is 1.98. The number of nitrogens with one attached hydrogen (secondary N) is 1. The number of nitrogens with zero attached hydrogens (tertiary/aromatic N) is 2. The lowest BCUT2D eigenvalue weighted by Crippen LogP contribution is -2.27. The lowest BCUT2D eigenvalue weighted by molar-refractivity contribution is 0.767. The maximum absolute atomic E-state index is 4.52. The largest absolute Gasteiger partial charge is 0.354 e. The molecule has 0 aliphatic heterocycles. The molecule has 82 valence electrons. The number of rotatable bonds is 5. The SMILES string of the molecule is CCN(c1ncccc1CNC)C1CC1. The molecule has 0 radical (unpaired) electrons. The Morgan fingerprint density at radius 2 is 2.33 bits per heavy atom. The van der Waals surface area contributed by atoms with E-state index in [-0.39, 0.29) is 0 Å². The molecule has 1 aromatic heterocycles. The minimum Gasteiger partial charge on any atom is -0.354 e. The minimum atomic E-state index is 0.737. The number of pyridine rings is 1. The zero-order valence-corrected chi connectivity index (χ0v) is 9.53. The Hall–Kier alpha value is -1.09. The number of hydrogen-bond donors (Lipinski definition) is 1. The Morgan fingerprint density at radius 1 is 1.53 bits per heavy atom. The quantitative estimate of drug-likeness (QED) is 0.794. The van der Waals surface area contributed by atoms with Crippen LogP contribution in [0.2, 0.25) is 0 Å². The van der Waals surface area contributed by atoms with Gasteiger partial charge in [-0.05, 0) is 32.9 Å². The minimum absolute atomic E-state index is 0.737. The summed E-state index contributed by atoms with van der Waals surface area (Å²) in [6.45, 7) is 4.15. The molecule has 1 aliphatic rings. The molecule has 3 heteroatoms. The average Bonchev–Trinajstić information content (AvgIpc) is 3.06. The first-order chi connectivity index (χ1) is 7.36. The maximum atomic E-state index is 4.52. The van der Waals surface area contributed by atoms with Crippen LogP contribution in [0.15, 0.2) is 18.3 Å². The van der Waals surface area contributed by atoms with Gasteiger partial charge in [0, 0.05) is 30.9 Å². The number of anilines is 1. The van der Waals surface area contributed by atoms with Crippen LogP contribution in [0, 0.1) is 0 Å². The summed E-state index contributed by atoms with van der Waals surface area (Å²) < 4.78 is 0. The Labute approximate surface area is 91.5 Å². The highest BCUT2D eigenvalue weighted by Gasteiger charge is 2.29. The lowest BCUT2D eigenvalue weighted by atomic mass is 10.2. The second-order valence-electron chi connectivity index (χ2n) is 4.03. The van der Waals surface area contributed by atoms with Crippen LogP contribution < -0.4 is 10.2 Å². The highest BCUT2D eigenvalue weighted by Crippen LogP contribution is 2.31. The van der Waals surface area contributed by atoms with E-state index in [4.69, 9.17) is 0 Å². The molecule has 0 bridgehead atoms. The Bertz CT molecular complexity index is 320. The summed E-state index contributed by atoms with van der Waals surface area (Å²) in [7, 11) is 1.98. The molecular weight excluding hydrogens is 186 g/mol. The van der Waals surface area contributed by atoms with Crippen molar-refractivity contribution >= 4 is 5.82 Å². The van der Waals surface area contributed by atoms with E-state index in [0.717, 1.165) is 24.9 Å². The summed E-state index contributed by atoms with van der Waals surface area (Å²) in [5, 5.41) is 3.20. The van der Waals surface area contributed by atoms with Gasteiger partial charge in [0.05, 0.1) is 0 Å². The second kappa shape index (κ2) is 4.62. The molecule has 1 heterocycles. The van der Waals surface area contributed by atoms with Crippen molar-refractivity contribution in [1.29, 1.82) is 0 Å². The maximum Gasteiger partial charge on any atom is 0.133 e. The molecule has 1 N–H and O–H groups in total. The summed E-state index contributed by atoms with van der Waals surface area (Å²) in [5.41, 5.74) is 1.30. The molecule has 0 spiro atoms. The molecule has 1 aliphatic carbocycles. The van der Waals surface area contributed by atoms with Crippen LogP contribution in [0.25, 0.3) is 0 Å². The molecule has 1 saturated carbocycles. The van der Waals surface area contributed by atoms with E-state index in [1.807, 2.05) is 19.3 Å². The first-order valence-electron chi connectivity index (χ1n) is 5.72. The molecule has 1 fully saturated rings. The van der Waals surface area contributed by atoms with Crippen molar-refractivity contribution in [2.24, 2.45) is 0 Å². The van der Waals surface area contributed by atoms with E-state index in [2.05, 4.69) is 28.2 Å². The highest BCUT2D eigenvalue weighted by molar-refractivity contribution is 5.48. The first-order valence-corrected chi connectivity index (χ1v) is 5.72. The third-order valence-electron chi connectivity index (χ3n) is 2.84. The zero-order valence-electron chi connectivity index (χ0n) is 9.53. The van der Waals surface area contributed by atoms with E-state index in [1.165, 1.54) is 18.4 Å². The summed E-state index contributed by atoms with van der Waals surface area (Å²) in [5.74, 6) is 1.16. The summed E-state index contributed by atoms with van der Waals surface area (Å²) in [6, 6.07) is 4.90. The van der Waals surface area contributed by atoms with Crippen molar-refractivity contribution < 1.29 is 0 Å². The molecule has 0 atom stereocenters. The molecule has 0 unspecified atom stereocenters. The summed E-state index contributed by atoms with van der Waals surface area (Å²) in [6.07, 6.45) is 4.53. The van der Waals surface area contributed by atoms with Gasteiger partial charge in [0.2, 0.25) is 0 Å². The predicted molar refractivity (Wildman–Crippen MR) is 63.0 cm³/mol. The van der Waals surface area contributed by atoms with Gasteiger partial charge in [0.1, 0.15) is 5.82 Å². The lowest BCUT2D eigenvalue weighted by Gasteiger charge is -2.24. The molecule has 0 saturated heterocycles. The number of hydrogen-bond acceptors (Lipinski definition) is 3. The van der Waals surface area contributed by atoms with E-state index in [0.29, 0.717) is 0 Å². The van der Waals surface area contributed by atoms with Crippen LogP contribution in [0.4, 0.5) is 5.82 Å². The highest BCUT2D eigenvalue weighted by atomic mass is 15.2.